The van der Waals surface area contributed by atoms with Crippen molar-refractivity contribution < 1.29 is 4.79 Å². The molecule has 1 unspecified atom stereocenters. The summed E-state index contributed by atoms with van der Waals surface area (Å²) < 4.78 is 2.04. The number of nitrogens with zero attached hydrogens (tertiary/aromatic N) is 3. The van der Waals surface area contributed by atoms with E-state index >= 15 is 0 Å². The molecule has 0 spiro atoms. The molecule has 1 aliphatic heterocycles. The second-order valence-corrected chi connectivity index (χ2v) is 3.78. The molecule has 0 radical (unpaired) electrons. The predicted octanol–water partition coefficient (Wildman–Crippen LogP) is 2.06. The average molecular weight is 191 g/mol. The lowest BCUT2D eigenvalue weighted by Gasteiger charge is -2.20. The molecule has 1 aliphatic rings. The molecule has 0 saturated heterocycles. The highest BCUT2D eigenvalue weighted by atomic mass is 16.1. The zero-order valence-corrected chi connectivity index (χ0v) is 8.45. The number of hydrogen-bond donors (Lipinski definition) is 0. The van der Waals surface area contributed by atoms with E-state index in [4.69, 9.17) is 0 Å². The van der Waals surface area contributed by atoms with Gasteiger partial charge in [-0.25, -0.2) is 9.78 Å². The maximum atomic E-state index is 10.3. The lowest BCUT2D eigenvalue weighted by molar-refractivity contribution is 0.465. The Balaban J connectivity index is 2.56. The highest BCUT2D eigenvalue weighted by molar-refractivity contribution is 5.48. The van der Waals surface area contributed by atoms with Crippen LogP contribution in [0.15, 0.2) is 4.99 Å². The Hall–Kier alpha value is -1.41. The van der Waals surface area contributed by atoms with Gasteiger partial charge in [-0.15, -0.1) is 4.99 Å². The standard InChI is InChI=1S/C10H13N3O/c1-7-4-3-5-13-9(7)12-8(2)10(13)11-6-14/h7H,3-5H2,1-2H3. The van der Waals surface area contributed by atoms with Gasteiger partial charge in [0.15, 0.2) is 5.82 Å². The van der Waals surface area contributed by atoms with Gasteiger partial charge in [0.1, 0.15) is 5.82 Å². The van der Waals surface area contributed by atoms with E-state index in [0.717, 1.165) is 24.5 Å². The van der Waals surface area contributed by atoms with Crippen LogP contribution in [0.5, 0.6) is 0 Å². The van der Waals surface area contributed by atoms with Crippen LogP contribution in [0.2, 0.25) is 0 Å². The molecule has 0 N–H and O–H groups in total. The molecular formula is C10H13N3O. The molecule has 0 saturated carbocycles. The zero-order chi connectivity index (χ0) is 10.1. The normalized spacial score (nSPS) is 20.0. The monoisotopic (exact) mass is 191 g/mol. The Kier molecular flexibility index (Phi) is 2.22. The smallest absolute Gasteiger partial charge is 0.242 e. The van der Waals surface area contributed by atoms with Crippen molar-refractivity contribution in [2.45, 2.75) is 39.2 Å². The molecule has 2 heterocycles. The highest BCUT2D eigenvalue weighted by Gasteiger charge is 2.22. The van der Waals surface area contributed by atoms with Gasteiger partial charge in [0.2, 0.25) is 6.08 Å². The fourth-order valence-corrected chi connectivity index (χ4v) is 2.05. The average Bonchev–Trinajstić information content (AvgIpc) is 2.47. The first-order chi connectivity index (χ1) is 6.74. The van der Waals surface area contributed by atoms with Crippen LogP contribution in [-0.2, 0) is 11.3 Å². The first kappa shape index (κ1) is 9.16. The van der Waals surface area contributed by atoms with E-state index in [-0.39, 0.29) is 0 Å². The molecule has 74 valence electrons. The second kappa shape index (κ2) is 3.39. The third-order valence-electron chi connectivity index (χ3n) is 2.75. The number of isocyanates is 1. The summed E-state index contributed by atoms with van der Waals surface area (Å²) in [6, 6.07) is 0. The van der Waals surface area contributed by atoms with Gasteiger partial charge in [0, 0.05) is 12.5 Å². The number of rotatable bonds is 1. The third kappa shape index (κ3) is 1.28. The Morgan fingerprint density at radius 2 is 2.43 bits per heavy atom. The van der Waals surface area contributed by atoms with Gasteiger partial charge in [-0.05, 0) is 19.8 Å². The van der Waals surface area contributed by atoms with Crippen molar-refractivity contribution in [3.05, 3.63) is 11.5 Å². The molecule has 0 aliphatic carbocycles. The lowest BCUT2D eigenvalue weighted by atomic mass is 10.0. The Bertz CT molecular complexity index is 402. The Labute approximate surface area is 82.7 Å². The molecule has 0 bridgehead atoms. The number of hydrogen-bond acceptors (Lipinski definition) is 3. The molecule has 4 heteroatoms. The van der Waals surface area contributed by atoms with Gasteiger partial charge in [0.05, 0.1) is 5.69 Å². The summed E-state index contributed by atoms with van der Waals surface area (Å²) in [5, 5.41) is 0. The van der Waals surface area contributed by atoms with Crippen molar-refractivity contribution in [2.75, 3.05) is 0 Å². The van der Waals surface area contributed by atoms with Crippen molar-refractivity contribution in [1.29, 1.82) is 0 Å². The summed E-state index contributed by atoms with van der Waals surface area (Å²) in [5.74, 6) is 2.21. The molecule has 0 amide bonds. The van der Waals surface area contributed by atoms with Crippen LogP contribution in [0.3, 0.4) is 0 Å². The minimum absolute atomic E-state index is 0.470. The molecular weight excluding hydrogens is 178 g/mol. The summed E-state index contributed by atoms with van der Waals surface area (Å²) in [7, 11) is 0. The maximum Gasteiger partial charge on any atom is 0.242 e. The number of aryl methyl sites for hydroxylation is 1. The van der Waals surface area contributed by atoms with Gasteiger partial charge in [-0.1, -0.05) is 6.92 Å². The van der Waals surface area contributed by atoms with Crippen molar-refractivity contribution in [3.8, 4) is 0 Å². The minimum Gasteiger partial charge on any atom is -0.312 e. The molecule has 2 rings (SSSR count). The summed E-state index contributed by atoms with van der Waals surface area (Å²) in [5.41, 5.74) is 0.831. The topological polar surface area (TPSA) is 47.2 Å². The zero-order valence-electron chi connectivity index (χ0n) is 8.45. The van der Waals surface area contributed by atoms with Crippen molar-refractivity contribution >= 4 is 11.9 Å². The lowest BCUT2D eigenvalue weighted by Crippen LogP contribution is -2.13. The maximum absolute atomic E-state index is 10.3. The predicted molar refractivity (Wildman–Crippen MR) is 52.4 cm³/mol. The van der Waals surface area contributed by atoms with E-state index in [9.17, 15) is 4.79 Å². The van der Waals surface area contributed by atoms with Gasteiger partial charge in [0.25, 0.3) is 0 Å². The van der Waals surface area contributed by atoms with Crippen molar-refractivity contribution in [1.82, 2.24) is 9.55 Å². The number of aromatic nitrogens is 2. The fraction of sp³-hybridized carbons (Fsp3) is 0.600. The summed E-state index contributed by atoms with van der Waals surface area (Å²) in [6.45, 7) is 4.96. The van der Waals surface area contributed by atoms with Crippen LogP contribution in [0.1, 0.15) is 37.2 Å². The van der Waals surface area contributed by atoms with E-state index in [2.05, 4.69) is 16.9 Å². The van der Waals surface area contributed by atoms with E-state index in [1.54, 1.807) is 6.08 Å². The van der Waals surface area contributed by atoms with Gasteiger partial charge in [-0.2, -0.15) is 0 Å². The molecule has 1 aromatic heterocycles. The quantitative estimate of drug-likeness (QED) is 0.504. The van der Waals surface area contributed by atoms with Crippen molar-refractivity contribution in [2.24, 2.45) is 4.99 Å². The van der Waals surface area contributed by atoms with Crippen LogP contribution in [0.25, 0.3) is 0 Å². The molecule has 0 aromatic carbocycles. The van der Waals surface area contributed by atoms with Crippen LogP contribution < -0.4 is 0 Å². The number of imidazole rings is 1. The highest BCUT2D eigenvalue weighted by Crippen LogP contribution is 2.31. The van der Waals surface area contributed by atoms with Crippen LogP contribution in [0.4, 0.5) is 5.82 Å². The van der Waals surface area contributed by atoms with Gasteiger partial charge >= 0.3 is 0 Å². The Morgan fingerprint density at radius 3 is 3.14 bits per heavy atom. The van der Waals surface area contributed by atoms with E-state index in [0.29, 0.717) is 11.7 Å². The van der Waals surface area contributed by atoms with Gasteiger partial charge < -0.3 is 4.57 Å². The molecule has 0 fully saturated rings. The summed E-state index contributed by atoms with van der Waals surface area (Å²) >= 11 is 0. The van der Waals surface area contributed by atoms with E-state index in [1.165, 1.54) is 6.42 Å². The number of fused-ring (bicyclic) bond motifs is 1. The van der Waals surface area contributed by atoms with E-state index < -0.39 is 0 Å². The largest absolute Gasteiger partial charge is 0.312 e. The first-order valence-electron chi connectivity index (χ1n) is 4.89. The second-order valence-electron chi connectivity index (χ2n) is 3.78. The third-order valence-corrected chi connectivity index (χ3v) is 2.75. The Morgan fingerprint density at radius 1 is 1.64 bits per heavy atom. The first-order valence-corrected chi connectivity index (χ1v) is 4.89. The van der Waals surface area contributed by atoms with Crippen LogP contribution >= 0.6 is 0 Å². The molecule has 14 heavy (non-hydrogen) atoms. The summed E-state index contributed by atoms with van der Waals surface area (Å²) in [4.78, 5) is 18.4. The van der Waals surface area contributed by atoms with Crippen LogP contribution in [-0.4, -0.2) is 15.6 Å². The van der Waals surface area contributed by atoms with E-state index in [1.807, 2.05) is 11.5 Å². The van der Waals surface area contributed by atoms with Crippen LogP contribution in [0, 0.1) is 6.92 Å². The molecule has 1 atom stereocenters. The van der Waals surface area contributed by atoms with Crippen molar-refractivity contribution in [3.63, 3.8) is 0 Å². The fourth-order valence-electron chi connectivity index (χ4n) is 2.05. The minimum atomic E-state index is 0.470. The SMILES string of the molecule is Cc1nc2n(c1N=C=O)CCCC2C. The number of aliphatic imine (C=N–C) groups is 1. The number of carbonyl (C=O) groups excluding carboxylic acids is 1. The molecule has 1 aromatic rings. The molecule has 4 nitrogen and oxygen atoms in total. The summed E-state index contributed by atoms with van der Waals surface area (Å²) in [6.07, 6.45) is 3.89. The van der Waals surface area contributed by atoms with Gasteiger partial charge in [-0.3, -0.25) is 0 Å².